The van der Waals surface area contributed by atoms with Crippen molar-refractivity contribution in [2.24, 2.45) is 0 Å². The molecule has 0 radical (unpaired) electrons. The molecule has 1 N–H and O–H groups in total. The van der Waals surface area contributed by atoms with Gasteiger partial charge in [-0.25, -0.2) is 0 Å². The van der Waals surface area contributed by atoms with Gasteiger partial charge in [0, 0.05) is 19.1 Å². The lowest BCUT2D eigenvalue weighted by Gasteiger charge is -2.17. The van der Waals surface area contributed by atoms with E-state index in [9.17, 15) is 0 Å². The summed E-state index contributed by atoms with van der Waals surface area (Å²) >= 11 is 0. The summed E-state index contributed by atoms with van der Waals surface area (Å²) in [6.07, 6.45) is 0. The Morgan fingerprint density at radius 1 is 1.05 bits per heavy atom. The van der Waals surface area contributed by atoms with Gasteiger partial charge in [-0.3, -0.25) is 0 Å². The third-order valence-electron chi connectivity index (χ3n) is 3.45. The van der Waals surface area contributed by atoms with Crippen LogP contribution in [0.3, 0.4) is 0 Å². The number of nitrogens with one attached hydrogen (secondary N) is 1. The minimum Gasteiger partial charge on any atom is -0.375 e. The van der Waals surface area contributed by atoms with Crippen LogP contribution >= 0.6 is 0 Å². The van der Waals surface area contributed by atoms with Gasteiger partial charge in [0.2, 0.25) is 0 Å². The fourth-order valence-corrected chi connectivity index (χ4v) is 2.00. The molecule has 0 aliphatic heterocycles. The molecule has 0 aliphatic rings. The van der Waals surface area contributed by atoms with Crippen LogP contribution in [-0.2, 0) is 17.9 Å². The summed E-state index contributed by atoms with van der Waals surface area (Å²) in [6.45, 7) is 14.4. The maximum atomic E-state index is 5.73. The molecule has 0 amide bonds. The number of rotatable bonds is 10. The van der Waals surface area contributed by atoms with Crippen molar-refractivity contribution < 1.29 is 4.74 Å². The van der Waals surface area contributed by atoms with Crippen molar-refractivity contribution in [2.45, 2.75) is 46.9 Å². The summed E-state index contributed by atoms with van der Waals surface area (Å²) in [5.41, 5.74) is 2.57. The number of benzene rings is 1. The van der Waals surface area contributed by atoms with Crippen molar-refractivity contribution in [3.63, 3.8) is 0 Å². The molecule has 0 aromatic heterocycles. The lowest BCUT2D eigenvalue weighted by molar-refractivity contribution is 0.0956. The normalized spacial score (nSPS) is 11.5. The Morgan fingerprint density at radius 3 is 2.20 bits per heavy atom. The Bertz CT molecular complexity index is 345. The van der Waals surface area contributed by atoms with Gasteiger partial charge >= 0.3 is 0 Å². The Balaban J connectivity index is 2.24. The van der Waals surface area contributed by atoms with Crippen molar-refractivity contribution in [3.8, 4) is 0 Å². The molecule has 0 unspecified atom stereocenters. The highest BCUT2D eigenvalue weighted by Gasteiger charge is 2.00. The molecule has 1 aromatic rings. The van der Waals surface area contributed by atoms with Crippen LogP contribution < -0.4 is 5.32 Å². The van der Waals surface area contributed by atoms with Crippen LogP contribution in [-0.4, -0.2) is 37.2 Å². The number of hydrogen-bond acceptors (Lipinski definition) is 3. The molecule has 0 bridgehead atoms. The van der Waals surface area contributed by atoms with Crippen LogP contribution in [0, 0.1) is 0 Å². The average Bonchev–Trinajstić information content (AvgIpc) is 2.46. The van der Waals surface area contributed by atoms with Crippen molar-refractivity contribution in [3.05, 3.63) is 35.4 Å². The summed E-state index contributed by atoms with van der Waals surface area (Å²) < 4.78 is 5.73. The van der Waals surface area contributed by atoms with Crippen LogP contribution in [0.15, 0.2) is 24.3 Å². The third kappa shape index (κ3) is 7.04. The van der Waals surface area contributed by atoms with E-state index in [-0.39, 0.29) is 0 Å². The zero-order valence-electron chi connectivity index (χ0n) is 13.5. The Kier molecular flexibility index (Phi) is 8.51. The Hall–Kier alpha value is -0.900. The summed E-state index contributed by atoms with van der Waals surface area (Å²) in [5, 5.41) is 3.42. The van der Waals surface area contributed by atoms with Crippen LogP contribution in [0.25, 0.3) is 0 Å². The first-order valence-corrected chi connectivity index (χ1v) is 7.77. The van der Waals surface area contributed by atoms with E-state index in [0.717, 1.165) is 32.8 Å². The van der Waals surface area contributed by atoms with Crippen LogP contribution in [0.5, 0.6) is 0 Å². The molecule has 0 fully saturated rings. The highest BCUT2D eigenvalue weighted by atomic mass is 16.5. The Morgan fingerprint density at radius 2 is 1.65 bits per heavy atom. The molecule has 3 heteroatoms. The minimum absolute atomic E-state index is 0.526. The number of likely N-dealkylation sites (N-methyl/N-ethyl adjacent to an activating group) is 1. The molecule has 1 aromatic carbocycles. The van der Waals surface area contributed by atoms with Gasteiger partial charge < -0.3 is 15.0 Å². The van der Waals surface area contributed by atoms with Gasteiger partial charge in [0.15, 0.2) is 0 Å². The maximum absolute atomic E-state index is 5.73. The average molecular weight is 278 g/mol. The molecule has 1 rings (SSSR count). The summed E-state index contributed by atoms with van der Waals surface area (Å²) in [6, 6.07) is 9.21. The molecule has 114 valence electrons. The first-order valence-electron chi connectivity index (χ1n) is 7.77. The van der Waals surface area contributed by atoms with Gasteiger partial charge in [0.1, 0.15) is 0 Å². The molecule has 0 saturated carbocycles. The monoisotopic (exact) mass is 278 g/mol. The standard InChI is InChI=1S/C17H30N2O/c1-5-19(6-2)11-12-20-14-17-9-7-16(8-10-17)13-18-15(3)4/h7-10,15,18H,5-6,11-14H2,1-4H3. The molecular weight excluding hydrogens is 248 g/mol. The smallest absolute Gasteiger partial charge is 0.0717 e. The maximum Gasteiger partial charge on any atom is 0.0717 e. The van der Waals surface area contributed by atoms with Crippen molar-refractivity contribution in [1.29, 1.82) is 0 Å². The van der Waals surface area contributed by atoms with Crippen LogP contribution in [0.4, 0.5) is 0 Å². The van der Waals surface area contributed by atoms with E-state index in [1.807, 2.05) is 0 Å². The van der Waals surface area contributed by atoms with Gasteiger partial charge in [-0.2, -0.15) is 0 Å². The third-order valence-corrected chi connectivity index (χ3v) is 3.45. The van der Waals surface area contributed by atoms with E-state index in [0.29, 0.717) is 12.6 Å². The summed E-state index contributed by atoms with van der Waals surface area (Å²) in [4.78, 5) is 2.38. The van der Waals surface area contributed by atoms with Gasteiger partial charge in [0.25, 0.3) is 0 Å². The van der Waals surface area contributed by atoms with E-state index in [1.165, 1.54) is 11.1 Å². The summed E-state index contributed by atoms with van der Waals surface area (Å²) in [5.74, 6) is 0. The zero-order chi connectivity index (χ0) is 14.8. The highest BCUT2D eigenvalue weighted by molar-refractivity contribution is 5.21. The number of ether oxygens (including phenoxy) is 1. The highest BCUT2D eigenvalue weighted by Crippen LogP contribution is 2.06. The molecule has 20 heavy (non-hydrogen) atoms. The van der Waals surface area contributed by atoms with Crippen molar-refractivity contribution in [2.75, 3.05) is 26.2 Å². The van der Waals surface area contributed by atoms with Gasteiger partial charge in [-0.1, -0.05) is 52.0 Å². The molecule has 0 atom stereocenters. The quantitative estimate of drug-likeness (QED) is 0.666. The van der Waals surface area contributed by atoms with Crippen molar-refractivity contribution >= 4 is 0 Å². The van der Waals surface area contributed by atoms with Gasteiger partial charge in [0.05, 0.1) is 13.2 Å². The minimum atomic E-state index is 0.526. The predicted molar refractivity (Wildman–Crippen MR) is 85.9 cm³/mol. The van der Waals surface area contributed by atoms with Gasteiger partial charge in [-0.05, 0) is 24.2 Å². The predicted octanol–water partition coefficient (Wildman–Crippen LogP) is 3.04. The molecule has 0 spiro atoms. The van der Waals surface area contributed by atoms with Crippen LogP contribution in [0.1, 0.15) is 38.8 Å². The largest absolute Gasteiger partial charge is 0.375 e. The van der Waals surface area contributed by atoms with Crippen molar-refractivity contribution in [1.82, 2.24) is 10.2 Å². The first kappa shape index (κ1) is 17.2. The number of nitrogens with zero attached hydrogens (tertiary/aromatic N) is 1. The fourth-order valence-electron chi connectivity index (χ4n) is 2.00. The van der Waals surface area contributed by atoms with Crippen LogP contribution in [0.2, 0.25) is 0 Å². The number of hydrogen-bond donors (Lipinski definition) is 1. The Labute approximate surface area is 124 Å². The molecule has 0 saturated heterocycles. The zero-order valence-corrected chi connectivity index (χ0v) is 13.5. The van der Waals surface area contributed by atoms with Gasteiger partial charge in [-0.15, -0.1) is 0 Å². The molecule has 0 aliphatic carbocycles. The lowest BCUT2D eigenvalue weighted by atomic mass is 10.1. The molecular formula is C17H30N2O. The molecule has 0 heterocycles. The van der Waals surface area contributed by atoms with E-state index in [1.54, 1.807) is 0 Å². The first-order chi connectivity index (χ1) is 9.65. The van der Waals surface area contributed by atoms with E-state index in [2.05, 4.69) is 62.2 Å². The topological polar surface area (TPSA) is 24.5 Å². The van der Waals surface area contributed by atoms with E-state index < -0.39 is 0 Å². The second-order valence-corrected chi connectivity index (χ2v) is 5.43. The van der Waals surface area contributed by atoms with E-state index >= 15 is 0 Å². The lowest BCUT2D eigenvalue weighted by Crippen LogP contribution is -2.26. The summed E-state index contributed by atoms with van der Waals surface area (Å²) in [7, 11) is 0. The second kappa shape index (κ2) is 9.92. The second-order valence-electron chi connectivity index (χ2n) is 5.43. The van der Waals surface area contributed by atoms with E-state index in [4.69, 9.17) is 4.74 Å². The fraction of sp³-hybridized carbons (Fsp3) is 0.647. The SMILES string of the molecule is CCN(CC)CCOCc1ccc(CNC(C)C)cc1. The molecule has 3 nitrogen and oxygen atoms in total.